The molecule has 0 atom stereocenters. The highest BCUT2D eigenvalue weighted by atomic mass is 16.2. The predicted octanol–water partition coefficient (Wildman–Crippen LogP) is 1.20. The van der Waals surface area contributed by atoms with Crippen LogP contribution in [0.15, 0.2) is 36.7 Å². The minimum Gasteiger partial charge on any atom is -0.354 e. The quantitative estimate of drug-likeness (QED) is 0.698. The van der Waals surface area contributed by atoms with Gasteiger partial charge in [0.15, 0.2) is 0 Å². The van der Waals surface area contributed by atoms with Crippen LogP contribution >= 0.6 is 0 Å². The molecule has 2 aromatic heterocycles. The molecule has 0 bridgehead atoms. The van der Waals surface area contributed by atoms with Crippen LogP contribution in [0.25, 0.3) is 11.0 Å². The highest BCUT2D eigenvalue weighted by molar-refractivity contribution is 5.92. The smallest absolute Gasteiger partial charge is 0.274 e. The molecular weight excluding hydrogens is 370 g/mol. The summed E-state index contributed by atoms with van der Waals surface area (Å²) in [6, 6.07) is 7.52. The van der Waals surface area contributed by atoms with Crippen molar-refractivity contribution >= 4 is 22.8 Å². The Labute approximate surface area is 168 Å². The molecule has 1 aromatic carbocycles. The van der Waals surface area contributed by atoms with Gasteiger partial charge in [-0.2, -0.15) is 15.0 Å². The number of benzene rings is 1. The number of rotatable bonds is 5. The molecule has 4 rings (SSSR count). The molecule has 0 spiro atoms. The summed E-state index contributed by atoms with van der Waals surface area (Å²) in [5.74, 6) is 0.146. The lowest BCUT2D eigenvalue weighted by atomic mass is 9.96. The Kier molecular flexibility index (Phi) is 5.46. The normalized spacial score (nSPS) is 14.9. The van der Waals surface area contributed by atoms with E-state index in [1.807, 2.05) is 31.2 Å². The van der Waals surface area contributed by atoms with Gasteiger partial charge in [-0.25, -0.2) is 4.98 Å². The predicted molar refractivity (Wildman–Crippen MR) is 106 cm³/mol. The lowest BCUT2D eigenvalue weighted by Crippen LogP contribution is -2.42. The second-order valence-electron chi connectivity index (χ2n) is 7.30. The van der Waals surface area contributed by atoms with Crippen molar-refractivity contribution < 1.29 is 9.59 Å². The van der Waals surface area contributed by atoms with Crippen LogP contribution in [-0.4, -0.2) is 61.3 Å². The number of aromatic nitrogens is 5. The molecule has 0 unspecified atom stereocenters. The van der Waals surface area contributed by atoms with Gasteiger partial charge in [0.2, 0.25) is 5.91 Å². The number of aryl methyl sites for hydroxylation is 1. The highest BCUT2D eigenvalue weighted by Gasteiger charge is 2.24. The lowest BCUT2D eigenvalue weighted by Gasteiger charge is -2.31. The van der Waals surface area contributed by atoms with E-state index >= 15 is 0 Å². The van der Waals surface area contributed by atoms with Gasteiger partial charge in [-0.1, -0.05) is 12.1 Å². The van der Waals surface area contributed by atoms with Crippen LogP contribution in [0, 0.1) is 12.8 Å². The van der Waals surface area contributed by atoms with Crippen LogP contribution in [0.3, 0.4) is 0 Å². The molecule has 150 valence electrons. The van der Waals surface area contributed by atoms with Crippen LogP contribution in [0.4, 0.5) is 0 Å². The Morgan fingerprint density at radius 3 is 2.38 bits per heavy atom. The van der Waals surface area contributed by atoms with E-state index in [2.05, 4.69) is 25.5 Å². The Bertz CT molecular complexity index is 974. The van der Waals surface area contributed by atoms with Crippen LogP contribution < -0.4 is 5.32 Å². The van der Waals surface area contributed by atoms with Crippen LogP contribution in [0.2, 0.25) is 0 Å². The Balaban J connectivity index is 1.22. The van der Waals surface area contributed by atoms with Crippen molar-refractivity contribution in [2.45, 2.75) is 26.3 Å². The van der Waals surface area contributed by atoms with Gasteiger partial charge < -0.3 is 10.2 Å². The molecule has 9 heteroatoms. The first-order valence-electron chi connectivity index (χ1n) is 9.73. The Morgan fingerprint density at radius 2 is 1.76 bits per heavy atom. The summed E-state index contributed by atoms with van der Waals surface area (Å²) >= 11 is 0. The van der Waals surface area contributed by atoms with Gasteiger partial charge in [-0.05, 0) is 37.8 Å². The van der Waals surface area contributed by atoms with E-state index in [0.717, 1.165) is 29.6 Å². The lowest BCUT2D eigenvalue weighted by molar-refractivity contribution is -0.122. The zero-order valence-corrected chi connectivity index (χ0v) is 16.3. The van der Waals surface area contributed by atoms with Gasteiger partial charge >= 0.3 is 0 Å². The van der Waals surface area contributed by atoms with Crippen LogP contribution in [-0.2, 0) is 11.3 Å². The van der Waals surface area contributed by atoms with E-state index in [1.54, 1.807) is 11.1 Å². The largest absolute Gasteiger partial charge is 0.354 e. The summed E-state index contributed by atoms with van der Waals surface area (Å²) in [6.07, 6.45) is 4.81. The van der Waals surface area contributed by atoms with E-state index in [0.29, 0.717) is 31.2 Å². The van der Waals surface area contributed by atoms with Gasteiger partial charge in [-0.15, -0.1) is 0 Å². The van der Waals surface area contributed by atoms with Crippen molar-refractivity contribution in [2.24, 2.45) is 5.92 Å². The third-order valence-electron chi connectivity index (χ3n) is 5.10. The summed E-state index contributed by atoms with van der Waals surface area (Å²) in [5, 5.41) is 11.6. The molecule has 0 saturated carbocycles. The van der Waals surface area contributed by atoms with Gasteiger partial charge in [0.25, 0.3) is 5.91 Å². The summed E-state index contributed by atoms with van der Waals surface area (Å²) in [7, 11) is 0. The molecule has 3 aromatic rings. The third kappa shape index (κ3) is 4.56. The summed E-state index contributed by atoms with van der Waals surface area (Å²) < 4.78 is 0. The fourth-order valence-electron chi connectivity index (χ4n) is 3.42. The average molecular weight is 393 g/mol. The van der Waals surface area contributed by atoms with E-state index in [1.165, 1.54) is 11.0 Å². The van der Waals surface area contributed by atoms with E-state index < -0.39 is 0 Å². The van der Waals surface area contributed by atoms with Gasteiger partial charge in [0.1, 0.15) is 23.3 Å². The molecule has 29 heavy (non-hydrogen) atoms. The van der Waals surface area contributed by atoms with Crippen molar-refractivity contribution in [2.75, 3.05) is 19.6 Å². The third-order valence-corrected chi connectivity index (χ3v) is 5.10. The Morgan fingerprint density at radius 1 is 1.07 bits per heavy atom. The number of nitrogens with zero attached hydrogens (tertiary/aromatic N) is 6. The first kappa shape index (κ1) is 19.0. The molecule has 0 radical (unpaired) electrons. The molecule has 1 N–H and O–H groups in total. The number of carbonyl (C=O) groups is 2. The fraction of sp³-hybridized carbons (Fsp3) is 0.400. The maximum atomic E-state index is 12.5. The van der Waals surface area contributed by atoms with E-state index in [9.17, 15) is 9.59 Å². The van der Waals surface area contributed by atoms with Crippen molar-refractivity contribution in [3.8, 4) is 0 Å². The first-order valence-corrected chi connectivity index (χ1v) is 9.73. The number of carbonyl (C=O) groups excluding carboxylic acids is 2. The van der Waals surface area contributed by atoms with Crippen molar-refractivity contribution in [1.29, 1.82) is 0 Å². The number of amides is 2. The zero-order valence-electron chi connectivity index (χ0n) is 16.3. The molecule has 1 saturated heterocycles. The van der Waals surface area contributed by atoms with E-state index in [-0.39, 0.29) is 18.4 Å². The van der Waals surface area contributed by atoms with E-state index in [4.69, 9.17) is 0 Å². The summed E-state index contributed by atoms with van der Waals surface area (Å²) in [4.78, 5) is 36.2. The summed E-state index contributed by atoms with van der Waals surface area (Å²) in [6.45, 7) is 3.83. The number of fused-ring (bicyclic) bond motifs is 1. The standard InChI is InChI=1S/C20H23N7O2/c1-14-10-22-18(12-21-14)20(29)26-8-6-15(7-9-26)11-23-19(28)13-27-24-16-4-2-3-5-17(16)25-27/h2-5,10,12,15H,6-9,11,13H2,1H3,(H,23,28). The molecule has 9 nitrogen and oxygen atoms in total. The van der Waals surface area contributed by atoms with Crippen molar-refractivity contribution in [3.05, 3.63) is 48.0 Å². The van der Waals surface area contributed by atoms with Crippen molar-refractivity contribution in [1.82, 2.24) is 35.2 Å². The minimum absolute atomic E-state index is 0.0863. The zero-order chi connectivity index (χ0) is 20.2. The molecule has 1 aliphatic heterocycles. The average Bonchev–Trinajstić information content (AvgIpc) is 3.15. The van der Waals surface area contributed by atoms with Crippen LogP contribution in [0.5, 0.6) is 0 Å². The second-order valence-corrected chi connectivity index (χ2v) is 7.30. The van der Waals surface area contributed by atoms with Gasteiger partial charge in [-0.3, -0.25) is 14.6 Å². The number of likely N-dealkylation sites (tertiary alicyclic amines) is 1. The topological polar surface area (TPSA) is 106 Å². The number of nitrogens with one attached hydrogen (secondary N) is 1. The van der Waals surface area contributed by atoms with Crippen LogP contribution in [0.1, 0.15) is 29.0 Å². The Hall–Kier alpha value is -3.36. The summed E-state index contributed by atoms with van der Waals surface area (Å²) in [5.41, 5.74) is 2.71. The molecule has 3 heterocycles. The van der Waals surface area contributed by atoms with Gasteiger partial charge in [0.05, 0.1) is 11.9 Å². The monoisotopic (exact) mass is 393 g/mol. The maximum Gasteiger partial charge on any atom is 0.274 e. The first-order chi connectivity index (χ1) is 14.1. The number of hydrogen-bond acceptors (Lipinski definition) is 6. The number of hydrogen-bond donors (Lipinski definition) is 1. The fourth-order valence-corrected chi connectivity index (χ4v) is 3.42. The molecule has 2 amide bonds. The minimum atomic E-state index is -0.112. The maximum absolute atomic E-state index is 12.5. The SMILES string of the molecule is Cc1cnc(C(=O)N2CCC(CNC(=O)Cn3nc4ccccc4n3)CC2)cn1. The van der Waals surface area contributed by atoms with Crippen molar-refractivity contribution in [3.63, 3.8) is 0 Å². The molecule has 1 fully saturated rings. The molecule has 0 aliphatic carbocycles. The molecule has 1 aliphatic rings. The highest BCUT2D eigenvalue weighted by Crippen LogP contribution is 2.18. The second kappa shape index (κ2) is 8.34. The van der Waals surface area contributed by atoms with Gasteiger partial charge in [0, 0.05) is 25.8 Å². The molecular formula is C20H23N7O2. The number of piperidine rings is 1.